The van der Waals surface area contributed by atoms with Crippen LogP contribution in [-0.4, -0.2) is 61.1 Å². The summed E-state index contributed by atoms with van der Waals surface area (Å²) in [5.41, 5.74) is 2.98. The first-order chi connectivity index (χ1) is 16.1. The first-order valence-electron chi connectivity index (χ1n) is 11.0. The summed E-state index contributed by atoms with van der Waals surface area (Å²) in [6, 6.07) is 13.2. The molecule has 9 heteroatoms. The Morgan fingerprint density at radius 1 is 1.12 bits per heavy atom. The summed E-state index contributed by atoms with van der Waals surface area (Å²) in [5, 5.41) is 13.8. The number of likely N-dealkylation sites (tertiary alicyclic amines) is 1. The molecule has 0 saturated carbocycles. The summed E-state index contributed by atoms with van der Waals surface area (Å²) in [7, 11) is 3.69. The van der Waals surface area contributed by atoms with Crippen LogP contribution in [0.1, 0.15) is 23.2 Å². The van der Waals surface area contributed by atoms with Crippen molar-refractivity contribution in [3.63, 3.8) is 0 Å². The van der Waals surface area contributed by atoms with Crippen LogP contribution in [0.15, 0.2) is 42.5 Å². The Morgan fingerprint density at radius 2 is 1.94 bits per heavy atom. The van der Waals surface area contributed by atoms with Gasteiger partial charge in [0.15, 0.2) is 11.5 Å². The fraction of sp³-hybridized carbons (Fsp3) is 0.333. The Kier molecular flexibility index (Phi) is 5.78. The number of nitrogens with one attached hydrogen (secondary N) is 3. The third kappa shape index (κ3) is 4.58. The molecule has 0 spiro atoms. The number of methoxy groups -OCH3 is 1. The molecule has 9 nitrogen and oxygen atoms in total. The van der Waals surface area contributed by atoms with Gasteiger partial charge in [0.25, 0.3) is 5.91 Å². The second kappa shape index (κ2) is 9.03. The van der Waals surface area contributed by atoms with Gasteiger partial charge in [0.1, 0.15) is 11.6 Å². The van der Waals surface area contributed by atoms with Crippen LogP contribution >= 0.6 is 0 Å². The lowest BCUT2D eigenvalue weighted by molar-refractivity contribution is 0.0916. The van der Waals surface area contributed by atoms with Gasteiger partial charge in [-0.1, -0.05) is 0 Å². The standard InChI is InChI=1S/C24H27N5O4/c1-29-9-7-17(8-10-29)25-24(30)16-3-5-18(21(12-16)31-2)26-23-13-19(27-28-23)15-4-6-20-22(11-15)33-14-32-20/h3-6,11-13,17H,7-10,14H2,1-2H3,(H,25,30)(H2,26,27,28). The van der Waals surface area contributed by atoms with Crippen molar-refractivity contribution in [1.29, 1.82) is 0 Å². The minimum absolute atomic E-state index is 0.0824. The van der Waals surface area contributed by atoms with Crippen molar-refractivity contribution in [3.05, 3.63) is 48.0 Å². The van der Waals surface area contributed by atoms with Gasteiger partial charge in [-0.2, -0.15) is 5.10 Å². The quantitative estimate of drug-likeness (QED) is 0.530. The molecule has 1 aromatic heterocycles. The Bertz CT molecular complexity index is 1150. The van der Waals surface area contributed by atoms with E-state index in [0.717, 1.165) is 48.6 Å². The number of fused-ring (bicyclic) bond motifs is 1. The zero-order valence-corrected chi connectivity index (χ0v) is 18.7. The number of aromatic amines is 1. The average molecular weight is 450 g/mol. The number of nitrogens with zero attached hydrogens (tertiary/aromatic N) is 2. The molecule has 3 N–H and O–H groups in total. The van der Waals surface area contributed by atoms with E-state index in [9.17, 15) is 4.79 Å². The molecule has 0 aliphatic carbocycles. The van der Waals surface area contributed by atoms with Crippen LogP contribution in [0.3, 0.4) is 0 Å². The number of hydrogen-bond acceptors (Lipinski definition) is 7. The van der Waals surface area contributed by atoms with Gasteiger partial charge >= 0.3 is 0 Å². The van der Waals surface area contributed by atoms with Crippen molar-refractivity contribution in [2.24, 2.45) is 0 Å². The maximum Gasteiger partial charge on any atom is 0.251 e. The molecule has 0 radical (unpaired) electrons. The number of ether oxygens (including phenoxy) is 3. The molecule has 2 aliphatic rings. The zero-order chi connectivity index (χ0) is 22.8. The summed E-state index contributed by atoms with van der Waals surface area (Å²) in [5.74, 6) is 2.63. The molecule has 1 fully saturated rings. The van der Waals surface area contributed by atoms with Gasteiger partial charge in [-0.25, -0.2) is 0 Å². The molecule has 1 amide bonds. The highest BCUT2D eigenvalue weighted by Gasteiger charge is 2.20. The molecule has 33 heavy (non-hydrogen) atoms. The highest BCUT2D eigenvalue weighted by atomic mass is 16.7. The number of piperidine rings is 1. The Morgan fingerprint density at radius 3 is 2.76 bits per heavy atom. The topological polar surface area (TPSA) is 101 Å². The second-order valence-electron chi connectivity index (χ2n) is 8.33. The normalized spacial score (nSPS) is 15.9. The number of carbonyl (C=O) groups excluding carboxylic acids is 1. The largest absolute Gasteiger partial charge is 0.495 e. The Balaban J connectivity index is 1.28. The first kappa shape index (κ1) is 21.1. The highest BCUT2D eigenvalue weighted by Crippen LogP contribution is 2.36. The van der Waals surface area contributed by atoms with Gasteiger partial charge in [0.2, 0.25) is 6.79 Å². The fourth-order valence-electron chi connectivity index (χ4n) is 4.09. The van der Waals surface area contributed by atoms with Crippen molar-refractivity contribution < 1.29 is 19.0 Å². The van der Waals surface area contributed by atoms with Gasteiger partial charge < -0.3 is 29.7 Å². The number of benzene rings is 2. The molecule has 0 bridgehead atoms. The van der Waals surface area contributed by atoms with Crippen molar-refractivity contribution >= 4 is 17.4 Å². The number of carbonyl (C=O) groups is 1. The molecule has 3 aromatic rings. The maximum absolute atomic E-state index is 12.7. The van der Waals surface area contributed by atoms with Gasteiger partial charge in [0, 0.05) is 23.2 Å². The summed E-state index contributed by atoms with van der Waals surface area (Å²) in [6.45, 7) is 2.23. The maximum atomic E-state index is 12.7. The van der Waals surface area contributed by atoms with Crippen LogP contribution in [0.4, 0.5) is 11.5 Å². The van der Waals surface area contributed by atoms with Crippen LogP contribution in [0.25, 0.3) is 11.3 Å². The molecular weight excluding hydrogens is 422 g/mol. The van der Waals surface area contributed by atoms with E-state index in [2.05, 4.69) is 32.8 Å². The summed E-state index contributed by atoms with van der Waals surface area (Å²) in [4.78, 5) is 15.0. The smallest absolute Gasteiger partial charge is 0.251 e. The molecule has 5 rings (SSSR count). The van der Waals surface area contributed by atoms with Crippen LogP contribution < -0.4 is 24.8 Å². The third-order valence-electron chi connectivity index (χ3n) is 6.03. The zero-order valence-electron chi connectivity index (χ0n) is 18.7. The van der Waals surface area contributed by atoms with Crippen molar-refractivity contribution in [3.8, 4) is 28.5 Å². The number of anilines is 2. The SMILES string of the molecule is COc1cc(C(=O)NC2CCN(C)CC2)ccc1Nc1cc(-c2ccc3c(c2)OCO3)n[nH]1. The van der Waals surface area contributed by atoms with Crippen LogP contribution in [0, 0.1) is 0 Å². The lowest BCUT2D eigenvalue weighted by Gasteiger charge is -2.29. The van der Waals surface area contributed by atoms with Crippen molar-refractivity contribution in [1.82, 2.24) is 20.4 Å². The molecule has 0 unspecified atom stereocenters. The van der Waals surface area contributed by atoms with E-state index in [1.54, 1.807) is 19.2 Å². The van der Waals surface area contributed by atoms with Crippen LogP contribution in [-0.2, 0) is 0 Å². The number of aromatic nitrogens is 2. The fourth-order valence-corrected chi connectivity index (χ4v) is 4.09. The molecule has 1 saturated heterocycles. The number of amides is 1. The van der Waals surface area contributed by atoms with Gasteiger partial charge in [-0.15, -0.1) is 0 Å². The first-order valence-corrected chi connectivity index (χ1v) is 11.0. The molecule has 2 aliphatic heterocycles. The summed E-state index contributed by atoms with van der Waals surface area (Å²) in [6.07, 6.45) is 1.93. The molecule has 3 heterocycles. The van der Waals surface area contributed by atoms with E-state index in [0.29, 0.717) is 22.9 Å². The van der Waals surface area contributed by atoms with E-state index in [1.807, 2.05) is 30.3 Å². The Labute approximate surface area is 192 Å². The molecular formula is C24H27N5O4. The number of rotatable bonds is 6. The summed E-state index contributed by atoms with van der Waals surface area (Å²) < 4.78 is 16.4. The van der Waals surface area contributed by atoms with Crippen LogP contribution in [0.2, 0.25) is 0 Å². The van der Waals surface area contributed by atoms with E-state index in [-0.39, 0.29) is 18.7 Å². The van der Waals surface area contributed by atoms with Gasteiger partial charge in [0.05, 0.1) is 18.5 Å². The van der Waals surface area contributed by atoms with E-state index >= 15 is 0 Å². The Hall–Kier alpha value is -3.72. The van der Waals surface area contributed by atoms with Crippen molar-refractivity contribution in [2.75, 3.05) is 39.4 Å². The molecule has 2 aromatic carbocycles. The third-order valence-corrected chi connectivity index (χ3v) is 6.03. The van der Waals surface area contributed by atoms with Crippen LogP contribution in [0.5, 0.6) is 17.2 Å². The lowest BCUT2D eigenvalue weighted by atomic mass is 10.0. The molecule has 0 atom stereocenters. The predicted octanol–water partition coefficient (Wildman–Crippen LogP) is 3.38. The summed E-state index contributed by atoms with van der Waals surface area (Å²) >= 11 is 0. The second-order valence-corrected chi connectivity index (χ2v) is 8.33. The minimum Gasteiger partial charge on any atom is -0.495 e. The van der Waals surface area contributed by atoms with E-state index < -0.39 is 0 Å². The van der Waals surface area contributed by atoms with Gasteiger partial charge in [-0.05, 0) is 69.4 Å². The highest BCUT2D eigenvalue weighted by molar-refractivity contribution is 5.95. The lowest BCUT2D eigenvalue weighted by Crippen LogP contribution is -2.43. The van der Waals surface area contributed by atoms with E-state index in [1.165, 1.54) is 0 Å². The number of H-pyrrole nitrogens is 1. The minimum atomic E-state index is -0.0824. The van der Waals surface area contributed by atoms with Crippen molar-refractivity contribution in [2.45, 2.75) is 18.9 Å². The molecule has 172 valence electrons. The predicted molar refractivity (Wildman–Crippen MR) is 124 cm³/mol. The monoisotopic (exact) mass is 449 g/mol. The average Bonchev–Trinajstić information content (AvgIpc) is 3.49. The van der Waals surface area contributed by atoms with Gasteiger partial charge in [-0.3, -0.25) is 9.89 Å². The van der Waals surface area contributed by atoms with E-state index in [4.69, 9.17) is 14.2 Å². The number of hydrogen-bond donors (Lipinski definition) is 3.